The molecule has 2 aromatic rings. The lowest BCUT2D eigenvalue weighted by atomic mass is 9.86. The smallest absolute Gasteiger partial charge is 0.313 e. The second-order valence-corrected chi connectivity index (χ2v) is 7.76. The van der Waals surface area contributed by atoms with Gasteiger partial charge in [-0.25, -0.2) is 0 Å². The van der Waals surface area contributed by atoms with Crippen LogP contribution in [0.4, 0.5) is 5.69 Å². The Morgan fingerprint density at radius 2 is 1.54 bits per heavy atom. The fourth-order valence-electron chi connectivity index (χ4n) is 2.82. The number of carbonyl (C=O) groups is 2. The number of anilines is 1. The molecular weight excluding hydrogens is 324 g/mol. The fourth-order valence-corrected chi connectivity index (χ4v) is 2.82. The predicted octanol–water partition coefficient (Wildman–Crippen LogP) is 4.36. The molecule has 2 rings (SSSR count). The summed E-state index contributed by atoms with van der Waals surface area (Å²) in [6, 6.07) is 17.2. The van der Waals surface area contributed by atoms with Gasteiger partial charge in [-0.2, -0.15) is 0 Å². The quantitative estimate of drug-likeness (QED) is 0.831. The molecule has 0 saturated carbocycles. The van der Waals surface area contributed by atoms with E-state index in [1.165, 1.54) is 0 Å². The van der Waals surface area contributed by atoms with Crippen LogP contribution >= 0.6 is 0 Å². The summed E-state index contributed by atoms with van der Waals surface area (Å²) >= 11 is 0. The number of amides is 2. The largest absolute Gasteiger partial charge is 0.328 e. The molecule has 0 heterocycles. The molecular formula is C22H28N2O2. The monoisotopic (exact) mass is 352 g/mol. The first-order valence-electron chi connectivity index (χ1n) is 8.95. The number of para-hydroxylation sites is 1. The Bertz CT molecular complexity index is 761. The van der Waals surface area contributed by atoms with Crippen molar-refractivity contribution in [3.63, 3.8) is 0 Å². The van der Waals surface area contributed by atoms with E-state index in [9.17, 15) is 9.59 Å². The van der Waals surface area contributed by atoms with E-state index in [2.05, 4.69) is 26.1 Å². The van der Waals surface area contributed by atoms with E-state index < -0.39 is 11.8 Å². The molecule has 26 heavy (non-hydrogen) atoms. The highest BCUT2D eigenvalue weighted by Gasteiger charge is 2.26. The van der Waals surface area contributed by atoms with Gasteiger partial charge < -0.3 is 10.2 Å². The van der Waals surface area contributed by atoms with Crippen LogP contribution in [0.2, 0.25) is 0 Å². The van der Waals surface area contributed by atoms with Crippen LogP contribution in [0.5, 0.6) is 0 Å². The van der Waals surface area contributed by atoms with Gasteiger partial charge in [0.15, 0.2) is 0 Å². The average molecular weight is 352 g/mol. The minimum Gasteiger partial charge on any atom is -0.328 e. The average Bonchev–Trinajstić information content (AvgIpc) is 2.59. The van der Waals surface area contributed by atoms with Crippen molar-refractivity contribution in [1.82, 2.24) is 4.90 Å². The van der Waals surface area contributed by atoms with E-state index in [0.717, 1.165) is 11.1 Å². The fraction of sp³-hybridized carbons (Fsp3) is 0.364. The lowest BCUT2D eigenvalue weighted by molar-refractivity contribution is -0.144. The van der Waals surface area contributed by atoms with Crippen LogP contribution in [0.25, 0.3) is 0 Å². The maximum absolute atomic E-state index is 12.8. The Kier molecular flexibility index (Phi) is 6.19. The zero-order chi connectivity index (χ0) is 19.3. The number of hydrogen-bond donors (Lipinski definition) is 1. The number of benzene rings is 2. The van der Waals surface area contributed by atoms with Gasteiger partial charge in [-0.05, 0) is 36.5 Å². The summed E-state index contributed by atoms with van der Waals surface area (Å²) in [5, 5.41) is 2.81. The molecule has 2 amide bonds. The molecule has 0 bridgehead atoms. The first kappa shape index (κ1) is 19.7. The summed E-state index contributed by atoms with van der Waals surface area (Å²) in [6.07, 6.45) is 0. The van der Waals surface area contributed by atoms with Gasteiger partial charge in [-0.3, -0.25) is 9.59 Å². The lowest BCUT2D eigenvalue weighted by Gasteiger charge is -2.27. The second kappa shape index (κ2) is 8.17. The van der Waals surface area contributed by atoms with Crippen LogP contribution in [-0.2, 0) is 21.5 Å². The maximum atomic E-state index is 12.8. The van der Waals surface area contributed by atoms with Gasteiger partial charge in [0.05, 0.1) is 0 Å². The van der Waals surface area contributed by atoms with Gasteiger partial charge in [-0.15, -0.1) is 0 Å². The SMILES string of the molecule is CC(C)N(Cc1ccccc1)C(=O)C(=O)Nc1ccccc1C(C)(C)C. The van der Waals surface area contributed by atoms with Crippen LogP contribution in [0.1, 0.15) is 45.7 Å². The van der Waals surface area contributed by atoms with Crippen molar-refractivity contribution in [3.8, 4) is 0 Å². The van der Waals surface area contributed by atoms with Crippen molar-refractivity contribution < 1.29 is 9.59 Å². The number of carbonyl (C=O) groups excluding carboxylic acids is 2. The van der Waals surface area contributed by atoms with Gasteiger partial charge in [-0.1, -0.05) is 69.3 Å². The zero-order valence-electron chi connectivity index (χ0n) is 16.2. The Balaban J connectivity index is 2.19. The highest BCUT2D eigenvalue weighted by molar-refractivity contribution is 6.39. The van der Waals surface area contributed by atoms with Gasteiger partial charge in [0, 0.05) is 18.3 Å². The topological polar surface area (TPSA) is 49.4 Å². The molecule has 0 spiro atoms. The number of rotatable bonds is 4. The summed E-state index contributed by atoms with van der Waals surface area (Å²) < 4.78 is 0. The molecule has 0 fully saturated rings. The summed E-state index contributed by atoms with van der Waals surface area (Å²) in [7, 11) is 0. The standard InChI is InChI=1S/C22H28N2O2/c1-16(2)24(15-17-11-7-6-8-12-17)21(26)20(25)23-19-14-10-9-13-18(19)22(3,4)5/h6-14,16H,15H2,1-5H3,(H,23,25). The molecule has 0 aliphatic carbocycles. The Hall–Kier alpha value is -2.62. The van der Waals surface area contributed by atoms with Gasteiger partial charge in [0.1, 0.15) is 0 Å². The third kappa shape index (κ3) is 4.94. The molecule has 0 radical (unpaired) electrons. The van der Waals surface area contributed by atoms with E-state index in [1.807, 2.05) is 68.4 Å². The van der Waals surface area contributed by atoms with Gasteiger partial charge in [0.2, 0.25) is 0 Å². The number of nitrogens with one attached hydrogen (secondary N) is 1. The highest BCUT2D eigenvalue weighted by atomic mass is 16.2. The van der Waals surface area contributed by atoms with Crippen molar-refractivity contribution in [2.45, 2.75) is 52.6 Å². The molecule has 0 unspecified atom stereocenters. The Morgan fingerprint density at radius 1 is 0.962 bits per heavy atom. The maximum Gasteiger partial charge on any atom is 0.313 e. The summed E-state index contributed by atoms with van der Waals surface area (Å²) in [5.41, 5.74) is 2.55. The molecule has 2 aromatic carbocycles. The summed E-state index contributed by atoms with van der Waals surface area (Å²) in [6.45, 7) is 10.5. The predicted molar refractivity (Wildman–Crippen MR) is 106 cm³/mol. The third-order valence-electron chi connectivity index (χ3n) is 4.26. The summed E-state index contributed by atoms with van der Waals surface area (Å²) in [5.74, 6) is -1.13. The van der Waals surface area contributed by atoms with E-state index >= 15 is 0 Å². The molecule has 0 aromatic heterocycles. The minimum atomic E-state index is -0.605. The molecule has 1 N–H and O–H groups in total. The third-order valence-corrected chi connectivity index (χ3v) is 4.26. The second-order valence-electron chi connectivity index (χ2n) is 7.76. The van der Waals surface area contributed by atoms with E-state index in [4.69, 9.17) is 0 Å². The van der Waals surface area contributed by atoms with Crippen LogP contribution in [0, 0.1) is 0 Å². The molecule has 0 saturated heterocycles. The highest BCUT2D eigenvalue weighted by Crippen LogP contribution is 2.29. The zero-order valence-corrected chi connectivity index (χ0v) is 16.2. The van der Waals surface area contributed by atoms with E-state index in [1.54, 1.807) is 4.90 Å². The molecule has 0 atom stereocenters. The molecule has 138 valence electrons. The van der Waals surface area contributed by atoms with Crippen molar-refractivity contribution in [3.05, 3.63) is 65.7 Å². The Morgan fingerprint density at radius 3 is 2.12 bits per heavy atom. The van der Waals surface area contributed by atoms with Crippen LogP contribution in [-0.4, -0.2) is 22.8 Å². The van der Waals surface area contributed by atoms with E-state index in [-0.39, 0.29) is 11.5 Å². The van der Waals surface area contributed by atoms with E-state index in [0.29, 0.717) is 12.2 Å². The van der Waals surface area contributed by atoms with Crippen molar-refractivity contribution >= 4 is 17.5 Å². The minimum absolute atomic E-state index is 0.0775. The normalized spacial score (nSPS) is 11.3. The van der Waals surface area contributed by atoms with Crippen molar-refractivity contribution in [2.24, 2.45) is 0 Å². The van der Waals surface area contributed by atoms with Crippen molar-refractivity contribution in [2.75, 3.05) is 5.32 Å². The van der Waals surface area contributed by atoms with Gasteiger partial charge >= 0.3 is 11.8 Å². The first-order chi connectivity index (χ1) is 12.2. The lowest BCUT2D eigenvalue weighted by Crippen LogP contribution is -2.43. The number of nitrogens with zero attached hydrogens (tertiary/aromatic N) is 1. The van der Waals surface area contributed by atoms with Crippen molar-refractivity contribution in [1.29, 1.82) is 0 Å². The number of hydrogen-bond acceptors (Lipinski definition) is 2. The first-order valence-corrected chi connectivity index (χ1v) is 8.95. The van der Waals surface area contributed by atoms with Crippen LogP contribution in [0.15, 0.2) is 54.6 Å². The Labute approximate surface area is 156 Å². The van der Waals surface area contributed by atoms with Crippen LogP contribution in [0.3, 0.4) is 0 Å². The molecule has 4 nitrogen and oxygen atoms in total. The summed E-state index contributed by atoms with van der Waals surface area (Å²) in [4.78, 5) is 27.0. The van der Waals surface area contributed by atoms with Crippen LogP contribution < -0.4 is 5.32 Å². The van der Waals surface area contributed by atoms with Gasteiger partial charge in [0.25, 0.3) is 0 Å². The molecule has 0 aliphatic heterocycles. The molecule has 0 aliphatic rings. The molecule has 4 heteroatoms.